The lowest BCUT2D eigenvalue weighted by Gasteiger charge is -2.13. The van der Waals surface area contributed by atoms with Crippen LogP contribution in [0.5, 0.6) is 0 Å². The van der Waals surface area contributed by atoms with E-state index in [1.54, 1.807) is 55.5 Å². The lowest BCUT2D eigenvalue weighted by Crippen LogP contribution is -2.17. The molecule has 0 radical (unpaired) electrons. The fraction of sp³-hybridized carbons (Fsp3) is 0.0435. The first kappa shape index (κ1) is 20.2. The first-order valence-electron chi connectivity index (χ1n) is 9.46. The van der Waals surface area contributed by atoms with Gasteiger partial charge in [-0.3, -0.25) is 19.4 Å². The number of nitrogens with one attached hydrogen (secondary N) is 4. The number of rotatable bonds is 4. The number of H-pyrrole nitrogens is 2. The van der Waals surface area contributed by atoms with Gasteiger partial charge in [-0.25, -0.2) is 0 Å². The summed E-state index contributed by atoms with van der Waals surface area (Å²) in [6.07, 6.45) is 0. The van der Waals surface area contributed by atoms with Crippen molar-refractivity contribution in [2.45, 2.75) is 6.92 Å². The number of para-hydroxylation sites is 1. The molecule has 0 aliphatic rings. The monoisotopic (exact) mass is 430 g/mol. The van der Waals surface area contributed by atoms with Crippen molar-refractivity contribution >= 4 is 46.3 Å². The van der Waals surface area contributed by atoms with Crippen LogP contribution in [-0.4, -0.2) is 21.8 Å². The first-order valence-corrected chi connectivity index (χ1v) is 9.87. The Labute approximate surface area is 182 Å². The zero-order chi connectivity index (χ0) is 22.0. The number of aromatic nitrogens is 2. The fourth-order valence-corrected chi connectivity index (χ4v) is 3.45. The number of anilines is 2. The second-order valence-corrected chi connectivity index (χ2v) is 7.33. The number of carbonyl (C=O) groups excluding carboxylic acids is 2. The van der Waals surface area contributed by atoms with Crippen LogP contribution in [0.3, 0.4) is 0 Å². The summed E-state index contributed by atoms with van der Waals surface area (Å²) in [5, 5.41) is 6.08. The molecule has 7 nitrogen and oxygen atoms in total. The maximum Gasteiger partial charge on any atom is 0.259 e. The molecule has 8 heteroatoms. The highest BCUT2D eigenvalue weighted by Crippen LogP contribution is 2.21. The van der Waals surface area contributed by atoms with Crippen LogP contribution in [0.4, 0.5) is 11.4 Å². The summed E-state index contributed by atoms with van der Waals surface area (Å²) in [5.41, 5.74) is 2.79. The molecule has 3 aromatic carbocycles. The molecule has 154 valence electrons. The number of benzene rings is 3. The summed E-state index contributed by atoms with van der Waals surface area (Å²) < 4.78 is 0.183. The van der Waals surface area contributed by atoms with Crippen molar-refractivity contribution < 1.29 is 9.59 Å². The molecule has 4 rings (SSSR count). The number of hydrogen-bond donors (Lipinski definition) is 4. The Morgan fingerprint density at radius 3 is 2.42 bits per heavy atom. The predicted octanol–water partition coefficient (Wildman–Crippen LogP) is 4.40. The average molecular weight is 430 g/mol. The minimum Gasteiger partial charge on any atom is -0.332 e. The summed E-state index contributed by atoms with van der Waals surface area (Å²) >= 11 is 4.99. The molecule has 4 aromatic rings. The number of hydrogen-bond acceptors (Lipinski definition) is 4. The van der Waals surface area contributed by atoms with Crippen LogP contribution >= 0.6 is 12.2 Å². The smallest absolute Gasteiger partial charge is 0.259 e. The minimum absolute atomic E-state index is 0.183. The molecular formula is C23H18N4O3S. The maximum atomic E-state index is 12.8. The van der Waals surface area contributed by atoms with Crippen molar-refractivity contribution in [1.82, 2.24) is 9.97 Å². The Bertz CT molecular complexity index is 1420. The Kier molecular flexibility index (Phi) is 5.46. The molecule has 4 N–H and O–H groups in total. The van der Waals surface area contributed by atoms with Gasteiger partial charge in [-0.2, -0.15) is 0 Å². The van der Waals surface area contributed by atoms with E-state index in [2.05, 4.69) is 20.6 Å². The number of amides is 2. The first-order chi connectivity index (χ1) is 14.9. The molecule has 0 aliphatic carbocycles. The van der Waals surface area contributed by atoms with Gasteiger partial charge in [0.25, 0.3) is 17.4 Å². The van der Waals surface area contributed by atoms with Crippen molar-refractivity contribution in [1.29, 1.82) is 0 Å². The summed E-state index contributed by atoms with van der Waals surface area (Å²) in [4.78, 5) is 42.8. The van der Waals surface area contributed by atoms with E-state index in [1.165, 1.54) is 0 Å². The van der Waals surface area contributed by atoms with E-state index in [9.17, 15) is 14.4 Å². The van der Waals surface area contributed by atoms with Crippen LogP contribution in [0, 0.1) is 11.7 Å². The molecule has 0 saturated carbocycles. The van der Waals surface area contributed by atoms with Crippen LogP contribution in [0.1, 0.15) is 26.3 Å². The summed E-state index contributed by atoms with van der Waals surface area (Å²) in [5.74, 6) is -0.637. The lowest BCUT2D eigenvalue weighted by atomic mass is 10.0. The summed E-state index contributed by atoms with van der Waals surface area (Å²) in [6, 6.07) is 19.0. The third-order valence-corrected chi connectivity index (χ3v) is 5.06. The quantitative estimate of drug-likeness (QED) is 0.360. The van der Waals surface area contributed by atoms with Gasteiger partial charge in [0.1, 0.15) is 0 Å². The molecule has 31 heavy (non-hydrogen) atoms. The van der Waals surface area contributed by atoms with E-state index in [0.717, 1.165) is 0 Å². The number of carbonyl (C=O) groups is 2. The molecule has 0 bridgehead atoms. The van der Waals surface area contributed by atoms with Gasteiger partial charge in [0.05, 0.1) is 10.9 Å². The Morgan fingerprint density at radius 2 is 1.65 bits per heavy atom. The molecule has 1 aromatic heterocycles. The van der Waals surface area contributed by atoms with Crippen molar-refractivity contribution in [3.05, 3.63) is 98.5 Å². The van der Waals surface area contributed by atoms with Crippen molar-refractivity contribution in [3.63, 3.8) is 0 Å². The van der Waals surface area contributed by atoms with Crippen molar-refractivity contribution in [2.24, 2.45) is 0 Å². The fourth-order valence-electron chi connectivity index (χ4n) is 3.24. The molecule has 0 spiro atoms. The van der Waals surface area contributed by atoms with Crippen LogP contribution in [0.2, 0.25) is 0 Å². The number of fused-ring (bicyclic) bond motifs is 1. The SMILES string of the molecule is Cc1c(NC(=O)c2ccc3c(=O)[nH]c(=S)[nH]c3c2)cccc1C(=O)Nc1ccccc1. The molecule has 0 fully saturated rings. The molecule has 0 saturated heterocycles. The molecule has 0 unspecified atom stereocenters. The van der Waals surface area contributed by atoms with Gasteiger partial charge in [0.2, 0.25) is 0 Å². The largest absolute Gasteiger partial charge is 0.332 e. The van der Waals surface area contributed by atoms with Gasteiger partial charge in [0, 0.05) is 22.5 Å². The van der Waals surface area contributed by atoms with Gasteiger partial charge in [-0.1, -0.05) is 24.3 Å². The maximum absolute atomic E-state index is 12.8. The highest BCUT2D eigenvalue weighted by Gasteiger charge is 2.15. The molecular weight excluding hydrogens is 412 g/mol. The third-order valence-electron chi connectivity index (χ3n) is 4.86. The van der Waals surface area contributed by atoms with Gasteiger partial charge in [-0.05, 0) is 67.2 Å². The van der Waals surface area contributed by atoms with E-state index in [4.69, 9.17) is 12.2 Å². The van der Waals surface area contributed by atoms with Crippen LogP contribution in [0.15, 0.2) is 71.5 Å². The second kappa shape index (κ2) is 8.37. The van der Waals surface area contributed by atoms with Crippen LogP contribution < -0.4 is 16.2 Å². The van der Waals surface area contributed by atoms with E-state index in [-0.39, 0.29) is 22.1 Å². The van der Waals surface area contributed by atoms with Crippen molar-refractivity contribution in [2.75, 3.05) is 10.6 Å². The molecule has 2 amide bonds. The Morgan fingerprint density at radius 1 is 0.871 bits per heavy atom. The topological polar surface area (TPSA) is 107 Å². The summed E-state index contributed by atoms with van der Waals surface area (Å²) in [6.45, 7) is 1.77. The molecule has 1 heterocycles. The van der Waals surface area contributed by atoms with Crippen LogP contribution in [0.25, 0.3) is 10.9 Å². The van der Waals surface area contributed by atoms with Gasteiger partial charge >= 0.3 is 0 Å². The highest BCUT2D eigenvalue weighted by atomic mass is 32.1. The van der Waals surface area contributed by atoms with Gasteiger partial charge < -0.3 is 15.6 Å². The number of aromatic amines is 2. The van der Waals surface area contributed by atoms with E-state index in [1.807, 2.05) is 18.2 Å². The standard InChI is InChI=1S/C23H18N4O3S/c1-13-16(21(29)24-15-6-3-2-4-7-15)8-5-9-18(13)25-20(28)14-10-11-17-19(12-14)26-23(31)27-22(17)30/h2-12H,1H3,(H,24,29)(H,25,28)(H2,26,27,30,31). The normalized spacial score (nSPS) is 10.6. The van der Waals surface area contributed by atoms with Gasteiger partial charge in [0.15, 0.2) is 4.77 Å². The zero-order valence-corrected chi connectivity index (χ0v) is 17.3. The molecule has 0 aliphatic heterocycles. The third kappa shape index (κ3) is 4.29. The van der Waals surface area contributed by atoms with E-state index >= 15 is 0 Å². The Balaban J connectivity index is 1.59. The average Bonchev–Trinajstić information content (AvgIpc) is 2.75. The van der Waals surface area contributed by atoms with Crippen molar-refractivity contribution in [3.8, 4) is 0 Å². The second-order valence-electron chi connectivity index (χ2n) is 6.92. The van der Waals surface area contributed by atoms with E-state index in [0.29, 0.717) is 39.0 Å². The Hall–Kier alpha value is -4.04. The predicted molar refractivity (Wildman–Crippen MR) is 123 cm³/mol. The minimum atomic E-state index is -0.370. The highest BCUT2D eigenvalue weighted by molar-refractivity contribution is 7.71. The van der Waals surface area contributed by atoms with Crippen LogP contribution in [-0.2, 0) is 0 Å². The zero-order valence-electron chi connectivity index (χ0n) is 16.5. The summed E-state index contributed by atoms with van der Waals surface area (Å²) in [7, 11) is 0. The van der Waals surface area contributed by atoms with Gasteiger partial charge in [-0.15, -0.1) is 0 Å². The van der Waals surface area contributed by atoms with E-state index < -0.39 is 0 Å². The molecule has 0 atom stereocenters. The lowest BCUT2D eigenvalue weighted by molar-refractivity contribution is 0.101.